The molecule has 0 radical (unpaired) electrons. The fourth-order valence-corrected chi connectivity index (χ4v) is 1.62. The summed E-state index contributed by atoms with van der Waals surface area (Å²) in [5.74, 6) is -0.972. The third-order valence-electron chi connectivity index (χ3n) is 2.57. The Labute approximate surface area is 129 Å². The van der Waals surface area contributed by atoms with Gasteiger partial charge in [-0.1, -0.05) is 0 Å². The summed E-state index contributed by atoms with van der Waals surface area (Å²) < 4.78 is 18.1. The number of nitrogens with two attached hydrogens (primary N) is 1. The normalized spacial score (nSPS) is 10.9. The number of benzene rings is 1. The zero-order valence-electron chi connectivity index (χ0n) is 13.0. The van der Waals surface area contributed by atoms with Crippen LogP contribution in [0.15, 0.2) is 18.2 Å². The summed E-state index contributed by atoms with van der Waals surface area (Å²) in [6, 6.07) is 3.62. The average Bonchev–Trinajstić information content (AvgIpc) is 2.38. The fourth-order valence-electron chi connectivity index (χ4n) is 1.62. The SMILES string of the molecule is CC(C)(C)OC(=O)NCCCNC(=O)c1cc(F)ccc1N. The number of carbonyl (C=O) groups excluding carboxylic acids is 2. The maximum Gasteiger partial charge on any atom is 0.407 e. The molecule has 122 valence electrons. The minimum atomic E-state index is -0.548. The highest BCUT2D eigenvalue weighted by Crippen LogP contribution is 2.12. The lowest BCUT2D eigenvalue weighted by molar-refractivity contribution is 0.0527. The first-order chi connectivity index (χ1) is 10.2. The number of alkyl carbamates (subject to hydrolysis) is 1. The molecule has 0 aliphatic heterocycles. The standard InChI is InChI=1S/C15H22FN3O3/c1-15(2,3)22-14(21)19-8-4-7-18-13(20)11-9-10(16)5-6-12(11)17/h5-6,9H,4,7-8,17H2,1-3H3,(H,18,20)(H,19,21). The van der Waals surface area contributed by atoms with Gasteiger partial charge in [0, 0.05) is 18.8 Å². The molecule has 0 saturated heterocycles. The number of anilines is 1. The predicted molar refractivity (Wildman–Crippen MR) is 82.0 cm³/mol. The number of ether oxygens (including phenoxy) is 1. The smallest absolute Gasteiger partial charge is 0.407 e. The third-order valence-corrected chi connectivity index (χ3v) is 2.57. The highest BCUT2D eigenvalue weighted by molar-refractivity contribution is 5.99. The zero-order valence-corrected chi connectivity index (χ0v) is 13.0. The Morgan fingerprint density at radius 1 is 1.23 bits per heavy atom. The number of carbonyl (C=O) groups is 2. The Bertz CT molecular complexity index is 541. The van der Waals surface area contributed by atoms with Gasteiger partial charge in [0.2, 0.25) is 0 Å². The molecule has 0 heterocycles. The second-order valence-corrected chi connectivity index (χ2v) is 5.77. The second-order valence-electron chi connectivity index (χ2n) is 5.77. The van der Waals surface area contributed by atoms with Crippen molar-refractivity contribution in [3.8, 4) is 0 Å². The lowest BCUT2D eigenvalue weighted by Gasteiger charge is -2.19. The molecule has 4 N–H and O–H groups in total. The van der Waals surface area contributed by atoms with Gasteiger partial charge in [0.15, 0.2) is 0 Å². The summed E-state index contributed by atoms with van der Waals surface area (Å²) in [4.78, 5) is 23.2. The predicted octanol–water partition coefficient (Wildman–Crippen LogP) is 2.05. The first kappa shape index (κ1) is 17.7. The van der Waals surface area contributed by atoms with Crippen LogP contribution >= 0.6 is 0 Å². The molecule has 0 fully saturated rings. The van der Waals surface area contributed by atoms with Crippen LogP contribution < -0.4 is 16.4 Å². The molecule has 0 aliphatic rings. The van der Waals surface area contributed by atoms with Crippen molar-refractivity contribution in [3.05, 3.63) is 29.6 Å². The summed E-state index contributed by atoms with van der Waals surface area (Å²) in [5, 5.41) is 5.19. The number of halogens is 1. The number of nitrogen functional groups attached to an aromatic ring is 1. The molecule has 0 bridgehead atoms. The Hall–Kier alpha value is -2.31. The highest BCUT2D eigenvalue weighted by Gasteiger charge is 2.15. The van der Waals surface area contributed by atoms with Crippen LogP contribution in [0, 0.1) is 5.82 Å². The van der Waals surface area contributed by atoms with Gasteiger partial charge in [-0.25, -0.2) is 9.18 Å². The van der Waals surface area contributed by atoms with E-state index in [4.69, 9.17) is 10.5 Å². The van der Waals surface area contributed by atoms with Gasteiger partial charge in [-0.05, 0) is 45.4 Å². The molecule has 1 aromatic carbocycles. The minimum Gasteiger partial charge on any atom is -0.444 e. The van der Waals surface area contributed by atoms with Gasteiger partial charge in [0.1, 0.15) is 11.4 Å². The molecule has 0 aromatic heterocycles. The summed E-state index contributed by atoms with van der Waals surface area (Å²) >= 11 is 0. The van der Waals surface area contributed by atoms with Crippen molar-refractivity contribution < 1.29 is 18.7 Å². The van der Waals surface area contributed by atoms with Crippen LogP contribution in [0.25, 0.3) is 0 Å². The number of hydrogen-bond donors (Lipinski definition) is 3. The number of amides is 2. The molecule has 6 nitrogen and oxygen atoms in total. The molecule has 22 heavy (non-hydrogen) atoms. The first-order valence-corrected chi connectivity index (χ1v) is 6.99. The van der Waals surface area contributed by atoms with E-state index in [2.05, 4.69) is 10.6 Å². The zero-order chi connectivity index (χ0) is 16.8. The van der Waals surface area contributed by atoms with Crippen molar-refractivity contribution in [1.82, 2.24) is 10.6 Å². The van der Waals surface area contributed by atoms with Crippen molar-refractivity contribution in [2.24, 2.45) is 0 Å². The van der Waals surface area contributed by atoms with Gasteiger partial charge < -0.3 is 21.1 Å². The highest BCUT2D eigenvalue weighted by atomic mass is 19.1. The fraction of sp³-hybridized carbons (Fsp3) is 0.467. The van der Waals surface area contributed by atoms with Crippen molar-refractivity contribution in [2.75, 3.05) is 18.8 Å². The van der Waals surface area contributed by atoms with Crippen LogP contribution in [0.5, 0.6) is 0 Å². The summed E-state index contributed by atoms with van der Waals surface area (Å²) in [6.45, 7) is 6.00. The molecular formula is C15H22FN3O3. The van der Waals surface area contributed by atoms with E-state index in [0.717, 1.165) is 6.07 Å². The van der Waals surface area contributed by atoms with E-state index in [9.17, 15) is 14.0 Å². The van der Waals surface area contributed by atoms with Gasteiger partial charge in [0.25, 0.3) is 5.91 Å². The molecule has 1 aromatic rings. The maximum absolute atomic E-state index is 13.1. The minimum absolute atomic E-state index is 0.0973. The van der Waals surface area contributed by atoms with E-state index in [0.29, 0.717) is 19.5 Å². The molecule has 1 rings (SSSR count). The molecule has 2 amide bonds. The monoisotopic (exact) mass is 311 g/mol. The molecule has 0 aliphatic carbocycles. The van der Waals surface area contributed by atoms with Crippen molar-refractivity contribution in [3.63, 3.8) is 0 Å². The molecule has 7 heteroatoms. The van der Waals surface area contributed by atoms with E-state index >= 15 is 0 Å². The van der Waals surface area contributed by atoms with E-state index in [-0.39, 0.29) is 11.3 Å². The molecule has 0 atom stereocenters. The van der Waals surface area contributed by atoms with E-state index in [1.807, 2.05) is 0 Å². The Kier molecular flexibility index (Phi) is 6.15. The Morgan fingerprint density at radius 2 is 1.86 bits per heavy atom. The second kappa shape index (κ2) is 7.63. The van der Waals surface area contributed by atoms with Crippen LogP contribution in [0.4, 0.5) is 14.9 Å². The van der Waals surface area contributed by atoms with Gasteiger partial charge in [0.05, 0.1) is 5.56 Å². The summed E-state index contributed by atoms with van der Waals surface area (Å²) in [6.07, 6.45) is 0.00780. The largest absolute Gasteiger partial charge is 0.444 e. The lowest BCUT2D eigenvalue weighted by Crippen LogP contribution is -2.34. The number of nitrogens with one attached hydrogen (secondary N) is 2. The van der Waals surface area contributed by atoms with Crippen LogP contribution in [0.1, 0.15) is 37.6 Å². The molecule has 0 spiro atoms. The Morgan fingerprint density at radius 3 is 2.50 bits per heavy atom. The first-order valence-electron chi connectivity index (χ1n) is 6.99. The Balaban J connectivity index is 2.29. The van der Waals surface area contributed by atoms with E-state index in [1.165, 1.54) is 12.1 Å². The van der Waals surface area contributed by atoms with E-state index < -0.39 is 23.4 Å². The summed E-state index contributed by atoms with van der Waals surface area (Å²) in [5.41, 5.74) is 5.38. The maximum atomic E-state index is 13.1. The lowest BCUT2D eigenvalue weighted by atomic mass is 10.1. The summed E-state index contributed by atoms with van der Waals surface area (Å²) in [7, 11) is 0. The van der Waals surface area contributed by atoms with Crippen LogP contribution in [-0.2, 0) is 4.74 Å². The van der Waals surface area contributed by atoms with Crippen LogP contribution in [-0.4, -0.2) is 30.7 Å². The number of hydrogen-bond acceptors (Lipinski definition) is 4. The van der Waals surface area contributed by atoms with Crippen molar-refractivity contribution >= 4 is 17.7 Å². The molecule has 0 saturated carbocycles. The average molecular weight is 311 g/mol. The van der Waals surface area contributed by atoms with Crippen molar-refractivity contribution in [2.45, 2.75) is 32.8 Å². The number of rotatable bonds is 5. The van der Waals surface area contributed by atoms with Crippen molar-refractivity contribution in [1.29, 1.82) is 0 Å². The topological polar surface area (TPSA) is 93.5 Å². The quantitative estimate of drug-likeness (QED) is 0.573. The van der Waals surface area contributed by atoms with Gasteiger partial charge in [-0.2, -0.15) is 0 Å². The van der Waals surface area contributed by atoms with Gasteiger partial charge in [-0.15, -0.1) is 0 Å². The van der Waals surface area contributed by atoms with Crippen LogP contribution in [0.3, 0.4) is 0 Å². The van der Waals surface area contributed by atoms with E-state index in [1.54, 1.807) is 20.8 Å². The van der Waals surface area contributed by atoms with Crippen LogP contribution in [0.2, 0.25) is 0 Å². The van der Waals surface area contributed by atoms with Gasteiger partial charge >= 0.3 is 6.09 Å². The van der Waals surface area contributed by atoms with Gasteiger partial charge in [-0.3, -0.25) is 4.79 Å². The molecule has 0 unspecified atom stereocenters. The third kappa shape index (κ3) is 6.43. The molecular weight excluding hydrogens is 289 g/mol.